The third-order valence-corrected chi connectivity index (χ3v) is 4.66. The first kappa shape index (κ1) is 16.4. The lowest BCUT2D eigenvalue weighted by molar-refractivity contribution is 0.0572. The number of aromatic nitrogens is 3. The van der Waals surface area contributed by atoms with E-state index in [-0.39, 0.29) is 11.9 Å². The predicted molar refractivity (Wildman–Crippen MR) is 89.9 cm³/mol. The number of rotatable bonds is 4. The minimum absolute atomic E-state index is 0.00353. The highest BCUT2D eigenvalue weighted by atomic mass is 16.5. The van der Waals surface area contributed by atoms with Crippen LogP contribution in [0.4, 0.5) is 0 Å². The number of amides is 1. The smallest absolute Gasteiger partial charge is 0.273 e. The fourth-order valence-corrected chi connectivity index (χ4v) is 3.07. The molecule has 0 radical (unpaired) electrons. The van der Waals surface area contributed by atoms with Gasteiger partial charge in [-0.1, -0.05) is 17.3 Å². The van der Waals surface area contributed by atoms with Crippen molar-refractivity contribution in [2.75, 3.05) is 33.3 Å². The van der Waals surface area contributed by atoms with Gasteiger partial charge in [-0.05, 0) is 24.6 Å². The molecule has 1 unspecified atom stereocenters. The second-order valence-corrected chi connectivity index (χ2v) is 6.02. The minimum atomic E-state index is -0.00353. The van der Waals surface area contributed by atoms with Gasteiger partial charge < -0.3 is 9.64 Å². The van der Waals surface area contributed by atoms with E-state index in [4.69, 9.17) is 4.74 Å². The van der Waals surface area contributed by atoms with Crippen LogP contribution in [0.3, 0.4) is 0 Å². The first-order valence-corrected chi connectivity index (χ1v) is 8.12. The van der Waals surface area contributed by atoms with E-state index in [1.54, 1.807) is 14.2 Å². The second kappa shape index (κ2) is 7.00. The van der Waals surface area contributed by atoms with E-state index >= 15 is 0 Å². The molecule has 2 heterocycles. The first-order valence-electron chi connectivity index (χ1n) is 8.12. The van der Waals surface area contributed by atoms with E-state index in [1.807, 2.05) is 17.0 Å². The molecule has 24 heavy (non-hydrogen) atoms. The Hall–Kier alpha value is -2.41. The molecule has 1 aromatic carbocycles. The van der Waals surface area contributed by atoms with E-state index in [0.717, 1.165) is 18.8 Å². The van der Waals surface area contributed by atoms with Gasteiger partial charge in [0, 0.05) is 39.3 Å². The highest BCUT2D eigenvalue weighted by Gasteiger charge is 2.26. The van der Waals surface area contributed by atoms with Crippen molar-refractivity contribution in [1.29, 1.82) is 0 Å². The van der Waals surface area contributed by atoms with Gasteiger partial charge in [-0.25, -0.2) is 4.68 Å². The monoisotopic (exact) mass is 329 g/mol. The largest absolute Gasteiger partial charge is 0.497 e. The van der Waals surface area contributed by atoms with Crippen molar-refractivity contribution < 1.29 is 9.53 Å². The van der Waals surface area contributed by atoms with Gasteiger partial charge in [0.2, 0.25) is 0 Å². The number of carbonyl (C=O) groups excluding carboxylic acids is 1. The molecule has 7 nitrogen and oxygen atoms in total. The molecule has 128 valence electrons. The number of piperazine rings is 1. The summed E-state index contributed by atoms with van der Waals surface area (Å²) in [5.41, 5.74) is 1.76. The average molecular weight is 329 g/mol. The lowest BCUT2D eigenvalue weighted by Gasteiger charge is -2.38. The number of ether oxygens (including phenoxy) is 1. The quantitative estimate of drug-likeness (QED) is 0.847. The van der Waals surface area contributed by atoms with Crippen LogP contribution in [0.2, 0.25) is 0 Å². The van der Waals surface area contributed by atoms with Crippen LogP contribution >= 0.6 is 0 Å². The zero-order valence-electron chi connectivity index (χ0n) is 14.3. The molecule has 2 aromatic rings. The molecule has 0 spiro atoms. The van der Waals surface area contributed by atoms with Crippen LogP contribution in [0.1, 0.15) is 29.0 Å². The Morgan fingerprint density at radius 2 is 2.00 bits per heavy atom. The number of nitrogens with zero attached hydrogens (tertiary/aromatic N) is 5. The minimum Gasteiger partial charge on any atom is -0.497 e. The summed E-state index contributed by atoms with van der Waals surface area (Å²) in [6.07, 6.45) is 1.52. The molecule has 1 amide bonds. The molecular formula is C17H23N5O2. The van der Waals surface area contributed by atoms with Gasteiger partial charge in [-0.15, -0.1) is 5.10 Å². The molecule has 0 aliphatic carbocycles. The van der Waals surface area contributed by atoms with Crippen LogP contribution in [-0.4, -0.2) is 64.0 Å². The molecule has 0 bridgehead atoms. The van der Waals surface area contributed by atoms with Crippen molar-refractivity contribution in [3.63, 3.8) is 0 Å². The van der Waals surface area contributed by atoms with Gasteiger partial charge in [-0.3, -0.25) is 9.69 Å². The molecular weight excluding hydrogens is 306 g/mol. The van der Waals surface area contributed by atoms with Crippen molar-refractivity contribution in [2.45, 2.75) is 13.0 Å². The van der Waals surface area contributed by atoms with E-state index in [1.165, 1.54) is 16.4 Å². The maximum absolute atomic E-state index is 12.5. The summed E-state index contributed by atoms with van der Waals surface area (Å²) in [4.78, 5) is 16.8. The zero-order chi connectivity index (χ0) is 17.1. The summed E-state index contributed by atoms with van der Waals surface area (Å²) >= 11 is 0. The third kappa shape index (κ3) is 3.26. The number of hydrogen-bond donors (Lipinski definition) is 0. The molecule has 1 aliphatic heterocycles. The Balaban J connectivity index is 1.62. The SMILES string of the molecule is COc1cccc(C(C)N2CCN(C(=O)c3cnnn3C)CC2)c1. The highest BCUT2D eigenvalue weighted by Crippen LogP contribution is 2.25. The summed E-state index contributed by atoms with van der Waals surface area (Å²) in [6.45, 7) is 5.29. The van der Waals surface area contributed by atoms with Gasteiger partial charge in [-0.2, -0.15) is 0 Å². The number of methoxy groups -OCH3 is 1. The Kier molecular flexibility index (Phi) is 4.80. The van der Waals surface area contributed by atoms with Crippen LogP contribution < -0.4 is 4.74 Å². The number of benzene rings is 1. The maximum Gasteiger partial charge on any atom is 0.273 e. The van der Waals surface area contributed by atoms with Crippen LogP contribution in [0.15, 0.2) is 30.5 Å². The van der Waals surface area contributed by atoms with Gasteiger partial charge >= 0.3 is 0 Å². The summed E-state index contributed by atoms with van der Waals surface area (Å²) in [5, 5.41) is 7.61. The zero-order valence-corrected chi connectivity index (χ0v) is 14.3. The Morgan fingerprint density at radius 3 is 2.62 bits per heavy atom. The van der Waals surface area contributed by atoms with Crippen LogP contribution in [0.25, 0.3) is 0 Å². The topological polar surface area (TPSA) is 63.5 Å². The Morgan fingerprint density at radius 1 is 1.25 bits per heavy atom. The number of hydrogen-bond acceptors (Lipinski definition) is 5. The van der Waals surface area contributed by atoms with Crippen molar-refractivity contribution in [1.82, 2.24) is 24.8 Å². The molecule has 3 rings (SSSR count). The van der Waals surface area contributed by atoms with E-state index in [9.17, 15) is 4.79 Å². The summed E-state index contributed by atoms with van der Waals surface area (Å²) in [7, 11) is 3.42. The van der Waals surface area contributed by atoms with E-state index < -0.39 is 0 Å². The van der Waals surface area contributed by atoms with E-state index in [0.29, 0.717) is 18.8 Å². The van der Waals surface area contributed by atoms with Crippen molar-refractivity contribution in [3.05, 3.63) is 41.7 Å². The van der Waals surface area contributed by atoms with Gasteiger partial charge in [0.1, 0.15) is 11.4 Å². The lowest BCUT2D eigenvalue weighted by atomic mass is 10.1. The Labute approximate surface area is 141 Å². The number of carbonyl (C=O) groups is 1. The second-order valence-electron chi connectivity index (χ2n) is 6.02. The molecule has 1 aliphatic rings. The van der Waals surface area contributed by atoms with Crippen molar-refractivity contribution in [3.8, 4) is 5.75 Å². The maximum atomic E-state index is 12.5. The summed E-state index contributed by atoms with van der Waals surface area (Å²) in [5.74, 6) is 0.869. The average Bonchev–Trinajstić information content (AvgIpc) is 3.06. The third-order valence-electron chi connectivity index (χ3n) is 4.66. The molecule has 1 atom stereocenters. The number of aryl methyl sites for hydroxylation is 1. The van der Waals surface area contributed by atoms with Crippen LogP contribution in [0, 0.1) is 0 Å². The predicted octanol–water partition coefficient (Wildman–Crippen LogP) is 1.34. The fourth-order valence-electron chi connectivity index (χ4n) is 3.07. The Bertz CT molecular complexity index is 707. The van der Waals surface area contributed by atoms with Gasteiger partial charge in [0.15, 0.2) is 0 Å². The van der Waals surface area contributed by atoms with E-state index in [2.05, 4.69) is 34.3 Å². The summed E-state index contributed by atoms with van der Waals surface area (Å²) < 4.78 is 6.83. The van der Waals surface area contributed by atoms with Crippen molar-refractivity contribution in [2.24, 2.45) is 7.05 Å². The lowest BCUT2D eigenvalue weighted by Crippen LogP contribution is -2.49. The normalized spacial score (nSPS) is 16.9. The molecule has 1 fully saturated rings. The van der Waals surface area contributed by atoms with Gasteiger partial charge in [0.05, 0.1) is 13.3 Å². The highest BCUT2D eigenvalue weighted by molar-refractivity contribution is 5.92. The molecule has 0 saturated carbocycles. The molecule has 1 aromatic heterocycles. The molecule has 1 saturated heterocycles. The first-order chi connectivity index (χ1) is 11.6. The fraction of sp³-hybridized carbons (Fsp3) is 0.471. The van der Waals surface area contributed by atoms with Crippen LogP contribution in [0.5, 0.6) is 5.75 Å². The molecule has 0 N–H and O–H groups in total. The summed E-state index contributed by atoms with van der Waals surface area (Å²) in [6, 6.07) is 8.44. The van der Waals surface area contributed by atoms with Crippen LogP contribution in [-0.2, 0) is 7.05 Å². The standard InChI is InChI=1S/C17H23N5O2/c1-13(14-5-4-6-15(11-14)24-3)21-7-9-22(10-8-21)17(23)16-12-18-19-20(16)2/h4-6,11-13H,7-10H2,1-3H3. The van der Waals surface area contributed by atoms with Gasteiger partial charge in [0.25, 0.3) is 5.91 Å². The van der Waals surface area contributed by atoms with Crippen molar-refractivity contribution >= 4 is 5.91 Å². The molecule has 7 heteroatoms.